The number of hydrogen-bond acceptors (Lipinski definition) is 5. The second-order valence-corrected chi connectivity index (χ2v) is 10.3. The van der Waals surface area contributed by atoms with Gasteiger partial charge >= 0.3 is 0 Å². The number of sulfonamides is 1. The lowest BCUT2D eigenvalue weighted by Gasteiger charge is -2.30. The van der Waals surface area contributed by atoms with Crippen LogP contribution in [0, 0.1) is 5.92 Å². The van der Waals surface area contributed by atoms with Crippen LogP contribution in [0.4, 0.5) is 0 Å². The van der Waals surface area contributed by atoms with Gasteiger partial charge in [0.2, 0.25) is 15.9 Å². The molecule has 0 radical (unpaired) electrons. The average molecular weight is 496 g/mol. The highest BCUT2D eigenvalue weighted by molar-refractivity contribution is 7.89. The molecule has 33 heavy (non-hydrogen) atoms. The molecule has 0 aliphatic carbocycles. The summed E-state index contributed by atoms with van der Waals surface area (Å²) in [6.07, 6.45) is 0.266. The van der Waals surface area contributed by atoms with E-state index in [0.29, 0.717) is 29.3 Å². The lowest BCUT2D eigenvalue weighted by molar-refractivity contribution is -0.122. The van der Waals surface area contributed by atoms with Crippen molar-refractivity contribution in [3.8, 4) is 0 Å². The molecule has 0 aliphatic heterocycles. The van der Waals surface area contributed by atoms with Crippen LogP contribution in [0.15, 0.2) is 53.4 Å². The van der Waals surface area contributed by atoms with Crippen molar-refractivity contribution in [3.63, 3.8) is 0 Å². The van der Waals surface area contributed by atoms with Gasteiger partial charge in [0.05, 0.1) is 11.5 Å². The van der Waals surface area contributed by atoms with Crippen molar-refractivity contribution in [1.82, 2.24) is 9.62 Å². The van der Waals surface area contributed by atoms with E-state index in [4.69, 9.17) is 22.1 Å². The van der Waals surface area contributed by atoms with Crippen molar-refractivity contribution in [1.29, 1.82) is 0 Å². The third-order valence-electron chi connectivity index (χ3n) is 4.94. The zero-order valence-electron chi connectivity index (χ0n) is 19.0. The summed E-state index contributed by atoms with van der Waals surface area (Å²) in [5.74, 6) is -0.960. The Balaban J connectivity index is 2.37. The van der Waals surface area contributed by atoms with Gasteiger partial charge in [-0.25, -0.2) is 8.42 Å². The van der Waals surface area contributed by atoms with Crippen LogP contribution in [0.3, 0.4) is 0 Å². The fourth-order valence-electron chi connectivity index (χ4n) is 3.24. The van der Waals surface area contributed by atoms with Crippen LogP contribution >= 0.6 is 11.6 Å². The van der Waals surface area contributed by atoms with E-state index in [9.17, 15) is 18.0 Å². The molecule has 2 aromatic carbocycles. The van der Waals surface area contributed by atoms with Gasteiger partial charge in [0, 0.05) is 30.8 Å². The molecule has 0 saturated heterocycles. The largest absolute Gasteiger partial charge is 0.383 e. The van der Waals surface area contributed by atoms with E-state index in [2.05, 4.69) is 5.32 Å². The lowest BCUT2D eigenvalue weighted by Crippen LogP contribution is -2.48. The molecule has 10 heteroatoms. The number of ether oxygens (including phenoxy) is 1. The molecular weight excluding hydrogens is 466 g/mol. The first kappa shape index (κ1) is 26.8. The van der Waals surface area contributed by atoms with Gasteiger partial charge in [-0.15, -0.1) is 0 Å². The van der Waals surface area contributed by atoms with Gasteiger partial charge in [0.1, 0.15) is 6.04 Å². The number of hydrogen-bond donors (Lipinski definition) is 2. The molecule has 2 rings (SSSR count). The second kappa shape index (κ2) is 12.1. The van der Waals surface area contributed by atoms with Crippen molar-refractivity contribution < 1.29 is 22.7 Å². The molecule has 3 N–H and O–H groups in total. The number of carbonyl (C=O) groups is 2. The highest BCUT2D eigenvalue weighted by Gasteiger charge is 2.35. The summed E-state index contributed by atoms with van der Waals surface area (Å²) < 4.78 is 33.0. The van der Waals surface area contributed by atoms with Crippen LogP contribution < -0.4 is 11.1 Å². The molecule has 0 heterocycles. The van der Waals surface area contributed by atoms with Crippen LogP contribution in [-0.2, 0) is 26.1 Å². The monoisotopic (exact) mass is 495 g/mol. The number of benzene rings is 2. The summed E-state index contributed by atoms with van der Waals surface area (Å²) in [5.41, 5.74) is 6.66. The van der Waals surface area contributed by atoms with Gasteiger partial charge < -0.3 is 15.8 Å². The predicted octanol–water partition coefficient (Wildman–Crippen LogP) is 2.81. The zero-order chi connectivity index (χ0) is 24.6. The Morgan fingerprint density at radius 3 is 2.21 bits per heavy atom. The van der Waals surface area contributed by atoms with E-state index in [1.54, 1.807) is 31.4 Å². The smallest absolute Gasteiger partial charge is 0.251 e. The maximum absolute atomic E-state index is 13.5. The van der Waals surface area contributed by atoms with Crippen LogP contribution in [0.2, 0.25) is 5.02 Å². The Labute approximate surface area is 200 Å². The van der Waals surface area contributed by atoms with Crippen molar-refractivity contribution in [2.24, 2.45) is 11.7 Å². The Morgan fingerprint density at radius 1 is 1.09 bits per heavy atom. The van der Waals surface area contributed by atoms with Gasteiger partial charge in [-0.2, -0.15) is 4.31 Å². The number of nitrogens with zero attached hydrogens (tertiary/aromatic N) is 1. The van der Waals surface area contributed by atoms with E-state index in [0.717, 1.165) is 4.31 Å². The molecule has 1 atom stereocenters. The van der Waals surface area contributed by atoms with E-state index in [1.807, 2.05) is 13.8 Å². The zero-order valence-corrected chi connectivity index (χ0v) is 20.5. The molecule has 0 aliphatic rings. The first-order valence-electron chi connectivity index (χ1n) is 10.5. The molecule has 0 bridgehead atoms. The standard InChI is InChI=1S/C23H30ClN3O5S/c1-16(2)14-21(22(25)28)27(33(30,31)20-10-8-19(24)9-11-20)15-17-4-6-18(7-5-17)23(29)26-12-13-32-3/h4-11,16,21H,12-15H2,1-3H3,(H2,25,28)(H,26,29)/t21-/m1/s1. The van der Waals surface area contributed by atoms with Crippen LogP contribution in [0.25, 0.3) is 0 Å². The van der Waals surface area contributed by atoms with Gasteiger partial charge in [0.15, 0.2) is 0 Å². The minimum absolute atomic E-state index is 0.0102. The minimum Gasteiger partial charge on any atom is -0.383 e. The maximum atomic E-state index is 13.5. The molecule has 2 amide bonds. The number of nitrogens with two attached hydrogens (primary N) is 1. The SMILES string of the molecule is COCCNC(=O)c1ccc(CN([C@H](CC(C)C)C(N)=O)S(=O)(=O)c2ccc(Cl)cc2)cc1. The summed E-state index contributed by atoms with van der Waals surface area (Å²) in [6, 6.07) is 11.2. The normalized spacial score (nSPS) is 12.7. The van der Waals surface area contributed by atoms with Gasteiger partial charge in [-0.05, 0) is 54.3 Å². The number of nitrogens with one attached hydrogen (secondary N) is 1. The fraction of sp³-hybridized carbons (Fsp3) is 0.391. The highest BCUT2D eigenvalue weighted by Crippen LogP contribution is 2.25. The van der Waals surface area contributed by atoms with Crippen LogP contribution in [-0.4, -0.2) is 50.8 Å². The first-order chi connectivity index (χ1) is 15.6. The molecule has 0 spiro atoms. The number of amides is 2. The van der Waals surface area contributed by atoms with Crippen molar-refractivity contribution in [3.05, 3.63) is 64.7 Å². The summed E-state index contributed by atoms with van der Waals surface area (Å²) in [5, 5.41) is 3.12. The van der Waals surface area contributed by atoms with Gasteiger partial charge in [-0.1, -0.05) is 37.6 Å². The Kier molecular flexibility index (Phi) is 9.85. The quantitative estimate of drug-likeness (QED) is 0.439. The van der Waals surface area contributed by atoms with E-state index >= 15 is 0 Å². The number of halogens is 1. The van der Waals surface area contributed by atoms with Crippen LogP contribution in [0.5, 0.6) is 0 Å². The van der Waals surface area contributed by atoms with Crippen molar-refractivity contribution >= 4 is 33.4 Å². The minimum atomic E-state index is -4.07. The third-order valence-corrected chi connectivity index (χ3v) is 7.06. The second-order valence-electron chi connectivity index (χ2n) is 8.00. The maximum Gasteiger partial charge on any atom is 0.251 e. The number of rotatable bonds is 12. The Bertz CT molecular complexity index is 1040. The average Bonchev–Trinajstić information content (AvgIpc) is 2.76. The number of primary amides is 1. The first-order valence-corrected chi connectivity index (χ1v) is 12.3. The summed E-state index contributed by atoms with van der Waals surface area (Å²) >= 11 is 5.91. The van der Waals surface area contributed by atoms with Gasteiger partial charge in [0.25, 0.3) is 5.91 Å². The molecule has 0 saturated carbocycles. The van der Waals surface area contributed by atoms with E-state index in [-0.39, 0.29) is 29.7 Å². The van der Waals surface area contributed by atoms with Crippen LogP contribution in [0.1, 0.15) is 36.2 Å². The Morgan fingerprint density at radius 2 is 1.70 bits per heavy atom. The molecule has 0 unspecified atom stereocenters. The molecule has 2 aromatic rings. The molecule has 0 fully saturated rings. The lowest BCUT2D eigenvalue weighted by atomic mass is 10.0. The Hall–Kier alpha value is -2.46. The van der Waals surface area contributed by atoms with E-state index in [1.165, 1.54) is 24.3 Å². The summed E-state index contributed by atoms with van der Waals surface area (Å²) in [4.78, 5) is 24.5. The molecular formula is C23H30ClN3O5S. The summed E-state index contributed by atoms with van der Waals surface area (Å²) in [7, 11) is -2.52. The van der Waals surface area contributed by atoms with Crippen molar-refractivity contribution in [2.75, 3.05) is 20.3 Å². The summed E-state index contributed by atoms with van der Waals surface area (Å²) in [6.45, 7) is 4.46. The fourth-order valence-corrected chi connectivity index (χ4v) is 4.96. The molecule has 8 nitrogen and oxygen atoms in total. The van der Waals surface area contributed by atoms with E-state index < -0.39 is 22.0 Å². The van der Waals surface area contributed by atoms with Crippen molar-refractivity contribution in [2.45, 2.75) is 37.8 Å². The van der Waals surface area contributed by atoms with Gasteiger partial charge in [-0.3, -0.25) is 9.59 Å². The highest BCUT2D eigenvalue weighted by atomic mass is 35.5. The topological polar surface area (TPSA) is 119 Å². The molecule has 180 valence electrons. The number of carbonyl (C=O) groups excluding carboxylic acids is 2. The number of methoxy groups -OCH3 is 1. The third kappa shape index (κ3) is 7.53. The predicted molar refractivity (Wildman–Crippen MR) is 127 cm³/mol. The molecule has 0 aromatic heterocycles.